The van der Waals surface area contributed by atoms with E-state index in [1.807, 2.05) is 24.3 Å². The van der Waals surface area contributed by atoms with Crippen molar-refractivity contribution in [1.82, 2.24) is 14.9 Å². The number of nitrogens with one attached hydrogen (secondary N) is 2. The first-order valence-electron chi connectivity index (χ1n) is 8.34. The minimum absolute atomic E-state index is 0.0223. The lowest BCUT2D eigenvalue weighted by Gasteiger charge is -2.05. The maximum Gasteiger partial charge on any atom is 0.269 e. The Bertz CT molecular complexity index is 1070. The van der Waals surface area contributed by atoms with Gasteiger partial charge in [-0.05, 0) is 29.8 Å². The highest BCUT2D eigenvalue weighted by atomic mass is 79.9. The molecule has 1 aromatic heterocycles. The van der Waals surface area contributed by atoms with E-state index in [0.717, 1.165) is 21.8 Å². The SMILES string of the molecule is Nn1c(N/N=C/c2ccc(Br)cc2)nnc1SCC(=O)Nc1ccc([N+](=O)[O-])cc1. The summed E-state index contributed by atoms with van der Waals surface area (Å²) in [5, 5.41) is 25.5. The number of aromatic nitrogens is 3. The second-order valence-corrected chi connectivity index (χ2v) is 7.60. The third kappa shape index (κ3) is 5.78. The third-order valence-electron chi connectivity index (χ3n) is 3.61. The van der Waals surface area contributed by atoms with Gasteiger partial charge in [0.25, 0.3) is 11.6 Å². The Morgan fingerprint density at radius 3 is 2.60 bits per heavy atom. The van der Waals surface area contributed by atoms with Crippen molar-refractivity contribution in [1.29, 1.82) is 0 Å². The Kier molecular flexibility index (Phi) is 6.98. The Morgan fingerprint density at radius 2 is 1.93 bits per heavy atom. The molecule has 0 saturated heterocycles. The van der Waals surface area contributed by atoms with Crippen LogP contribution in [0, 0.1) is 10.1 Å². The zero-order valence-corrected chi connectivity index (χ0v) is 17.6. The van der Waals surface area contributed by atoms with Crippen LogP contribution in [-0.4, -0.2) is 37.7 Å². The summed E-state index contributed by atoms with van der Waals surface area (Å²) in [6, 6.07) is 13.1. The monoisotopic (exact) mass is 490 g/mol. The molecular formula is C17H15BrN8O3S. The Balaban J connectivity index is 1.51. The molecule has 0 atom stereocenters. The lowest BCUT2D eigenvalue weighted by molar-refractivity contribution is -0.384. The van der Waals surface area contributed by atoms with Crippen molar-refractivity contribution in [2.75, 3.05) is 22.3 Å². The van der Waals surface area contributed by atoms with Crippen molar-refractivity contribution in [2.24, 2.45) is 5.10 Å². The molecule has 0 spiro atoms. The fourth-order valence-corrected chi connectivity index (χ4v) is 3.08. The van der Waals surface area contributed by atoms with Gasteiger partial charge in [0.05, 0.1) is 16.9 Å². The van der Waals surface area contributed by atoms with Gasteiger partial charge in [0.15, 0.2) is 0 Å². The Hall–Kier alpha value is -3.45. The van der Waals surface area contributed by atoms with Crippen molar-refractivity contribution in [2.45, 2.75) is 5.16 Å². The summed E-state index contributed by atoms with van der Waals surface area (Å²) >= 11 is 4.44. The second-order valence-electron chi connectivity index (χ2n) is 5.74. The number of nitrogens with two attached hydrogens (primary N) is 1. The molecule has 2 aromatic carbocycles. The van der Waals surface area contributed by atoms with Gasteiger partial charge in [-0.3, -0.25) is 14.9 Å². The molecule has 1 heterocycles. The van der Waals surface area contributed by atoms with Crippen LogP contribution in [0.1, 0.15) is 5.56 Å². The van der Waals surface area contributed by atoms with E-state index in [1.54, 1.807) is 6.21 Å². The number of thioether (sulfide) groups is 1. The van der Waals surface area contributed by atoms with E-state index < -0.39 is 4.92 Å². The summed E-state index contributed by atoms with van der Waals surface area (Å²) in [6.45, 7) is 0. The second kappa shape index (κ2) is 9.84. The number of nitrogens with zero attached hydrogens (tertiary/aromatic N) is 5. The molecule has 11 nitrogen and oxygen atoms in total. The van der Waals surface area contributed by atoms with Gasteiger partial charge in [0, 0.05) is 22.3 Å². The highest BCUT2D eigenvalue weighted by molar-refractivity contribution is 9.10. The number of hydrazone groups is 1. The number of benzene rings is 2. The van der Waals surface area contributed by atoms with E-state index in [1.165, 1.54) is 28.9 Å². The van der Waals surface area contributed by atoms with E-state index in [4.69, 9.17) is 5.84 Å². The average Bonchev–Trinajstić information content (AvgIpc) is 3.08. The van der Waals surface area contributed by atoms with Crippen LogP contribution in [0.25, 0.3) is 0 Å². The minimum atomic E-state index is -0.510. The van der Waals surface area contributed by atoms with Gasteiger partial charge in [-0.25, -0.2) is 10.1 Å². The lowest BCUT2D eigenvalue weighted by Crippen LogP contribution is -2.16. The molecule has 3 aromatic rings. The molecule has 0 fully saturated rings. The van der Waals surface area contributed by atoms with E-state index in [2.05, 4.69) is 42.0 Å². The zero-order valence-electron chi connectivity index (χ0n) is 15.2. The number of carbonyl (C=O) groups is 1. The van der Waals surface area contributed by atoms with Crippen molar-refractivity contribution >= 4 is 57.1 Å². The third-order valence-corrected chi connectivity index (χ3v) is 5.08. The van der Waals surface area contributed by atoms with E-state index in [-0.39, 0.29) is 23.3 Å². The standard InChI is InChI=1S/C17H15BrN8O3S/c18-12-3-1-11(2-4-12)9-20-22-16-23-24-17(25(16)19)30-10-15(27)21-13-5-7-14(8-6-13)26(28)29/h1-9H,10,19H2,(H,21,27)(H,22,23)/b20-9+. The fourth-order valence-electron chi connectivity index (χ4n) is 2.16. The number of nitro benzene ring substituents is 1. The molecule has 0 saturated carbocycles. The summed E-state index contributed by atoms with van der Waals surface area (Å²) in [6.07, 6.45) is 1.60. The van der Waals surface area contributed by atoms with Crippen LogP contribution in [0.3, 0.4) is 0 Å². The molecule has 0 radical (unpaired) electrons. The van der Waals surface area contributed by atoms with Gasteiger partial charge in [-0.1, -0.05) is 39.8 Å². The molecule has 4 N–H and O–H groups in total. The van der Waals surface area contributed by atoms with Crippen LogP contribution in [0.15, 0.2) is 63.3 Å². The van der Waals surface area contributed by atoms with E-state index in [9.17, 15) is 14.9 Å². The molecule has 3 rings (SSSR count). The van der Waals surface area contributed by atoms with Gasteiger partial charge < -0.3 is 11.2 Å². The number of nitrogen functional groups attached to an aromatic ring is 1. The van der Waals surface area contributed by atoms with Gasteiger partial charge in [-0.15, -0.1) is 10.2 Å². The quantitative estimate of drug-likeness (QED) is 0.143. The molecule has 0 aliphatic carbocycles. The van der Waals surface area contributed by atoms with Crippen molar-refractivity contribution in [3.8, 4) is 0 Å². The Labute approximate surface area is 183 Å². The summed E-state index contributed by atoms with van der Waals surface area (Å²) in [5.74, 6) is 5.83. The van der Waals surface area contributed by atoms with Crippen LogP contribution in [-0.2, 0) is 4.79 Å². The van der Waals surface area contributed by atoms with Crippen molar-refractivity contribution in [3.63, 3.8) is 0 Å². The fraction of sp³-hybridized carbons (Fsp3) is 0.0588. The number of amides is 1. The topological polar surface area (TPSA) is 153 Å². The summed E-state index contributed by atoms with van der Waals surface area (Å²) in [7, 11) is 0. The summed E-state index contributed by atoms with van der Waals surface area (Å²) < 4.78 is 2.15. The van der Waals surface area contributed by atoms with E-state index >= 15 is 0 Å². The molecule has 0 bridgehead atoms. The number of anilines is 2. The number of halogens is 1. The number of hydrogen-bond donors (Lipinski definition) is 3. The maximum atomic E-state index is 12.1. The molecule has 154 valence electrons. The number of rotatable bonds is 8. The predicted molar refractivity (Wildman–Crippen MR) is 118 cm³/mol. The van der Waals surface area contributed by atoms with Crippen molar-refractivity contribution < 1.29 is 9.72 Å². The van der Waals surface area contributed by atoms with E-state index in [0.29, 0.717) is 10.8 Å². The molecule has 13 heteroatoms. The summed E-state index contributed by atoms with van der Waals surface area (Å²) in [5.41, 5.74) is 3.97. The van der Waals surface area contributed by atoms with Crippen LogP contribution in [0.2, 0.25) is 0 Å². The largest absolute Gasteiger partial charge is 0.334 e. The molecule has 1 amide bonds. The zero-order chi connectivity index (χ0) is 21.5. The Morgan fingerprint density at radius 1 is 1.23 bits per heavy atom. The lowest BCUT2D eigenvalue weighted by atomic mass is 10.2. The summed E-state index contributed by atoms with van der Waals surface area (Å²) in [4.78, 5) is 22.2. The van der Waals surface area contributed by atoms with Gasteiger partial charge in [0.1, 0.15) is 0 Å². The van der Waals surface area contributed by atoms with Crippen molar-refractivity contribution in [3.05, 3.63) is 68.7 Å². The highest BCUT2D eigenvalue weighted by Gasteiger charge is 2.12. The number of carbonyl (C=O) groups excluding carboxylic acids is 1. The highest BCUT2D eigenvalue weighted by Crippen LogP contribution is 2.19. The first-order chi connectivity index (χ1) is 14.4. The van der Waals surface area contributed by atoms with Crippen LogP contribution in [0.4, 0.5) is 17.3 Å². The van der Waals surface area contributed by atoms with Crippen LogP contribution in [0.5, 0.6) is 0 Å². The molecular weight excluding hydrogens is 476 g/mol. The first-order valence-corrected chi connectivity index (χ1v) is 10.1. The number of hydrogen-bond acceptors (Lipinski definition) is 9. The first kappa shape index (κ1) is 21.3. The minimum Gasteiger partial charge on any atom is -0.334 e. The normalized spacial score (nSPS) is 10.8. The smallest absolute Gasteiger partial charge is 0.269 e. The average molecular weight is 491 g/mol. The molecule has 0 aliphatic heterocycles. The number of nitro groups is 1. The molecule has 0 unspecified atom stereocenters. The van der Waals surface area contributed by atoms with Gasteiger partial charge in [-0.2, -0.15) is 5.10 Å². The molecule has 30 heavy (non-hydrogen) atoms. The predicted octanol–water partition coefficient (Wildman–Crippen LogP) is 2.84. The van der Waals surface area contributed by atoms with Gasteiger partial charge in [0.2, 0.25) is 11.1 Å². The van der Waals surface area contributed by atoms with Crippen LogP contribution < -0.4 is 16.6 Å². The number of non-ortho nitro benzene ring substituents is 1. The molecule has 0 aliphatic rings. The maximum absolute atomic E-state index is 12.1. The van der Waals surface area contributed by atoms with Crippen LogP contribution >= 0.6 is 27.7 Å². The van der Waals surface area contributed by atoms with Gasteiger partial charge >= 0.3 is 0 Å².